The van der Waals surface area contributed by atoms with Crippen molar-refractivity contribution in [2.75, 3.05) is 19.0 Å². The Morgan fingerprint density at radius 3 is 2.93 bits per heavy atom. The van der Waals surface area contributed by atoms with Crippen molar-refractivity contribution in [3.05, 3.63) is 36.2 Å². The van der Waals surface area contributed by atoms with Crippen molar-refractivity contribution in [1.82, 2.24) is 20.1 Å². The van der Waals surface area contributed by atoms with E-state index < -0.39 is 5.92 Å². The van der Waals surface area contributed by atoms with E-state index in [4.69, 9.17) is 4.74 Å². The molecule has 0 unspecified atom stereocenters. The van der Waals surface area contributed by atoms with Gasteiger partial charge in [-0.15, -0.1) is 0 Å². The van der Waals surface area contributed by atoms with E-state index in [1.54, 1.807) is 7.11 Å². The van der Waals surface area contributed by atoms with Gasteiger partial charge in [-0.2, -0.15) is 10.1 Å². The number of piperidine rings is 1. The first-order chi connectivity index (χ1) is 13.2. The quantitative estimate of drug-likeness (QED) is 0.779. The largest absolute Gasteiger partial charge is 0.496 e. The summed E-state index contributed by atoms with van der Waals surface area (Å²) in [6.45, 7) is 2.70. The number of anilines is 1. The SMILES string of the molecule is CCCCN1C(=O)CC[C@H](C(=O)Nc2ncn[nH]2)[C@H]1c1ccccc1OC. The van der Waals surface area contributed by atoms with Crippen molar-refractivity contribution in [2.45, 2.75) is 38.6 Å². The Hall–Kier alpha value is -2.90. The Kier molecular flexibility index (Phi) is 6.05. The number of H-pyrrole nitrogens is 1. The minimum atomic E-state index is -0.402. The summed E-state index contributed by atoms with van der Waals surface area (Å²) < 4.78 is 5.52. The highest BCUT2D eigenvalue weighted by Gasteiger charge is 2.41. The van der Waals surface area contributed by atoms with Crippen molar-refractivity contribution in [3.63, 3.8) is 0 Å². The number of aromatic amines is 1. The zero-order valence-electron chi connectivity index (χ0n) is 15.6. The van der Waals surface area contributed by atoms with E-state index in [2.05, 4.69) is 27.4 Å². The van der Waals surface area contributed by atoms with Crippen LogP contribution in [0.4, 0.5) is 5.95 Å². The number of para-hydroxylation sites is 1. The van der Waals surface area contributed by atoms with Gasteiger partial charge in [-0.05, 0) is 18.9 Å². The molecule has 1 aliphatic rings. The van der Waals surface area contributed by atoms with Gasteiger partial charge >= 0.3 is 0 Å². The highest BCUT2D eigenvalue weighted by Crippen LogP contribution is 2.41. The first-order valence-corrected chi connectivity index (χ1v) is 9.24. The minimum absolute atomic E-state index is 0.0723. The lowest BCUT2D eigenvalue weighted by molar-refractivity contribution is -0.142. The summed E-state index contributed by atoms with van der Waals surface area (Å²) in [5.41, 5.74) is 0.849. The molecule has 0 spiro atoms. The van der Waals surface area contributed by atoms with Crippen LogP contribution in [0.2, 0.25) is 0 Å². The number of aromatic nitrogens is 3. The fraction of sp³-hybridized carbons (Fsp3) is 0.474. The second kappa shape index (κ2) is 8.66. The van der Waals surface area contributed by atoms with E-state index in [0.29, 0.717) is 31.1 Å². The number of nitrogens with one attached hydrogen (secondary N) is 2. The molecule has 0 bridgehead atoms. The third-order valence-corrected chi connectivity index (χ3v) is 4.91. The van der Waals surface area contributed by atoms with Crippen molar-refractivity contribution in [2.24, 2.45) is 5.92 Å². The van der Waals surface area contributed by atoms with Gasteiger partial charge in [-0.25, -0.2) is 5.10 Å². The summed E-state index contributed by atoms with van der Waals surface area (Å²) in [6, 6.07) is 7.19. The van der Waals surface area contributed by atoms with E-state index in [1.807, 2.05) is 29.2 Å². The maximum Gasteiger partial charge on any atom is 0.232 e. The van der Waals surface area contributed by atoms with Gasteiger partial charge in [0.2, 0.25) is 17.8 Å². The van der Waals surface area contributed by atoms with E-state index in [9.17, 15) is 9.59 Å². The molecule has 8 nitrogen and oxygen atoms in total. The third-order valence-electron chi connectivity index (χ3n) is 4.91. The summed E-state index contributed by atoms with van der Waals surface area (Å²) in [5, 5.41) is 9.17. The second-order valence-electron chi connectivity index (χ2n) is 6.60. The van der Waals surface area contributed by atoms with Crippen LogP contribution in [0.5, 0.6) is 5.75 Å². The molecule has 3 rings (SSSR count). The smallest absolute Gasteiger partial charge is 0.232 e. The number of likely N-dealkylation sites (tertiary alicyclic amines) is 1. The van der Waals surface area contributed by atoms with Crippen LogP contribution in [0.3, 0.4) is 0 Å². The van der Waals surface area contributed by atoms with E-state index in [1.165, 1.54) is 6.33 Å². The Morgan fingerprint density at radius 1 is 1.41 bits per heavy atom. The van der Waals surface area contributed by atoms with Crippen molar-refractivity contribution in [3.8, 4) is 5.75 Å². The molecule has 1 aromatic heterocycles. The number of benzene rings is 1. The summed E-state index contributed by atoms with van der Waals surface area (Å²) in [6.07, 6.45) is 4.02. The Labute approximate surface area is 158 Å². The minimum Gasteiger partial charge on any atom is -0.496 e. The molecule has 144 valence electrons. The van der Waals surface area contributed by atoms with E-state index in [-0.39, 0.29) is 17.9 Å². The predicted molar refractivity (Wildman–Crippen MR) is 100 cm³/mol. The summed E-state index contributed by atoms with van der Waals surface area (Å²) >= 11 is 0. The molecule has 2 heterocycles. The van der Waals surface area contributed by atoms with Crippen molar-refractivity contribution >= 4 is 17.8 Å². The highest BCUT2D eigenvalue weighted by atomic mass is 16.5. The molecule has 1 aromatic carbocycles. The second-order valence-corrected chi connectivity index (χ2v) is 6.60. The topological polar surface area (TPSA) is 100 Å². The van der Waals surface area contributed by atoms with Gasteiger partial charge in [-0.1, -0.05) is 31.5 Å². The number of methoxy groups -OCH3 is 1. The average molecular weight is 371 g/mol. The van der Waals surface area contributed by atoms with Crippen molar-refractivity contribution in [1.29, 1.82) is 0 Å². The van der Waals surface area contributed by atoms with Crippen LogP contribution in [0, 0.1) is 5.92 Å². The van der Waals surface area contributed by atoms with Crippen molar-refractivity contribution < 1.29 is 14.3 Å². The number of nitrogens with zero attached hydrogens (tertiary/aromatic N) is 3. The number of hydrogen-bond acceptors (Lipinski definition) is 5. The number of hydrogen-bond donors (Lipinski definition) is 2. The van der Waals surface area contributed by atoms with Crippen LogP contribution in [0.25, 0.3) is 0 Å². The summed E-state index contributed by atoms with van der Waals surface area (Å²) in [5.74, 6) is 0.465. The average Bonchev–Trinajstić information content (AvgIpc) is 3.19. The molecule has 0 saturated carbocycles. The Morgan fingerprint density at radius 2 is 2.22 bits per heavy atom. The van der Waals surface area contributed by atoms with Gasteiger partial charge < -0.3 is 9.64 Å². The van der Waals surface area contributed by atoms with E-state index >= 15 is 0 Å². The molecule has 1 aliphatic heterocycles. The van der Waals surface area contributed by atoms with Gasteiger partial charge in [-0.3, -0.25) is 14.9 Å². The molecule has 8 heteroatoms. The maximum atomic E-state index is 13.0. The first kappa shape index (κ1) is 18.9. The molecule has 0 aliphatic carbocycles. The Balaban J connectivity index is 1.96. The van der Waals surface area contributed by atoms with Crippen LogP contribution in [0.1, 0.15) is 44.2 Å². The van der Waals surface area contributed by atoms with Gasteiger partial charge in [0.15, 0.2) is 0 Å². The molecular weight excluding hydrogens is 346 g/mol. The molecule has 27 heavy (non-hydrogen) atoms. The molecule has 2 amide bonds. The molecule has 0 radical (unpaired) electrons. The van der Waals surface area contributed by atoms with E-state index in [0.717, 1.165) is 18.4 Å². The predicted octanol–water partition coefficient (Wildman–Crippen LogP) is 2.53. The lowest BCUT2D eigenvalue weighted by Crippen LogP contribution is -2.47. The van der Waals surface area contributed by atoms with Gasteiger partial charge in [0, 0.05) is 18.5 Å². The van der Waals surface area contributed by atoms with Crippen LogP contribution >= 0.6 is 0 Å². The molecule has 2 N–H and O–H groups in total. The number of amides is 2. The molecule has 1 saturated heterocycles. The fourth-order valence-electron chi connectivity index (χ4n) is 3.59. The Bertz CT molecular complexity index is 777. The molecule has 2 aromatic rings. The maximum absolute atomic E-state index is 13.0. The number of carbonyl (C=O) groups is 2. The van der Waals surface area contributed by atoms with Gasteiger partial charge in [0.1, 0.15) is 12.1 Å². The van der Waals surface area contributed by atoms with Gasteiger partial charge in [0.05, 0.1) is 19.1 Å². The van der Waals surface area contributed by atoms with Gasteiger partial charge in [0.25, 0.3) is 0 Å². The summed E-state index contributed by atoms with van der Waals surface area (Å²) in [7, 11) is 1.60. The number of ether oxygens (including phenoxy) is 1. The number of unbranched alkanes of at least 4 members (excludes halogenated alkanes) is 1. The first-order valence-electron chi connectivity index (χ1n) is 9.24. The zero-order chi connectivity index (χ0) is 19.2. The molecular formula is C19H25N5O3. The third kappa shape index (κ3) is 4.10. The van der Waals surface area contributed by atoms with Crippen LogP contribution in [-0.2, 0) is 9.59 Å². The highest BCUT2D eigenvalue weighted by molar-refractivity contribution is 5.93. The zero-order valence-corrected chi connectivity index (χ0v) is 15.6. The van der Waals surface area contributed by atoms with Crippen LogP contribution in [0.15, 0.2) is 30.6 Å². The number of rotatable bonds is 7. The molecule has 1 fully saturated rings. The standard InChI is InChI=1S/C19H25N5O3/c1-3-4-11-24-16(25)10-9-14(18(26)22-19-20-12-21-23-19)17(24)13-7-5-6-8-15(13)27-2/h5-8,12,14,17H,3-4,9-11H2,1-2H3,(H2,20,21,22,23,26)/t14-,17+/m0/s1. The molecule has 2 atom stereocenters. The fourth-order valence-corrected chi connectivity index (χ4v) is 3.59. The normalized spacial score (nSPS) is 19.8. The summed E-state index contributed by atoms with van der Waals surface area (Å²) in [4.78, 5) is 31.5. The van der Waals surface area contributed by atoms with Crippen LogP contribution < -0.4 is 10.1 Å². The lowest BCUT2D eigenvalue weighted by atomic mass is 9.83. The lowest BCUT2D eigenvalue weighted by Gasteiger charge is -2.41. The number of carbonyl (C=O) groups excluding carboxylic acids is 2. The monoisotopic (exact) mass is 371 g/mol. The van der Waals surface area contributed by atoms with Crippen LogP contribution in [-0.4, -0.2) is 45.6 Å².